The molecular formula is C27H28N2O7. The topological polar surface area (TPSA) is 163 Å². The van der Waals surface area contributed by atoms with E-state index in [1.54, 1.807) is 6.07 Å². The smallest absolute Gasteiger partial charge is 0.255 e. The highest BCUT2D eigenvalue weighted by molar-refractivity contribution is 6.22. The Morgan fingerprint density at radius 1 is 1.14 bits per heavy atom. The summed E-state index contributed by atoms with van der Waals surface area (Å²) in [5.41, 5.74) is 6.16. The number of Topliss-reactive ketones (excluding diaryl/α,β-unsaturated/α-hetero) is 2. The molecule has 1 aromatic carbocycles. The molecule has 36 heavy (non-hydrogen) atoms. The largest absolute Gasteiger partial charge is 0.511 e. The number of nitrogens with one attached hydrogen (secondary N) is 1. The number of hydrogen-bond donors (Lipinski definition) is 5. The SMILES string of the molecule is CC(C)NCc1ccc(-c2ccc(O)c3c2CC2CC4CC(O)=C(C(N)=O)C(=O)C4C(O)=C2C3=O)o1. The standard InChI is InChI=1S/C27H28N2O7/c1-11(2)29-10-14-3-6-19(36-14)15-4-5-17(30)22-16(15)8-12-7-13-9-18(31)23(27(28)35)26(34)21(13)24(32)20(12)25(22)33/h3-6,11-13,21,29-32H,7-10H2,1-2H3,(H2,28,35). The van der Waals surface area contributed by atoms with E-state index < -0.39 is 46.6 Å². The van der Waals surface area contributed by atoms with Crippen LogP contribution in [-0.2, 0) is 22.6 Å². The van der Waals surface area contributed by atoms with Crippen molar-refractivity contribution in [3.8, 4) is 17.1 Å². The number of ketones is 2. The lowest BCUT2D eigenvalue weighted by Gasteiger charge is -2.41. The van der Waals surface area contributed by atoms with Gasteiger partial charge >= 0.3 is 0 Å². The molecular weight excluding hydrogens is 464 g/mol. The summed E-state index contributed by atoms with van der Waals surface area (Å²) >= 11 is 0. The first kappa shape index (κ1) is 23.9. The van der Waals surface area contributed by atoms with E-state index in [9.17, 15) is 29.7 Å². The summed E-state index contributed by atoms with van der Waals surface area (Å²) in [4.78, 5) is 38.3. The fourth-order valence-corrected chi connectivity index (χ4v) is 5.79. The molecule has 5 rings (SSSR count). The van der Waals surface area contributed by atoms with Crippen molar-refractivity contribution < 1.29 is 34.1 Å². The molecule has 2 aromatic rings. The third-order valence-corrected chi connectivity index (χ3v) is 7.38. The monoisotopic (exact) mass is 492 g/mol. The summed E-state index contributed by atoms with van der Waals surface area (Å²) in [7, 11) is 0. The van der Waals surface area contributed by atoms with E-state index in [-0.39, 0.29) is 35.1 Å². The lowest BCUT2D eigenvalue weighted by Crippen LogP contribution is -2.43. The predicted octanol–water partition coefficient (Wildman–Crippen LogP) is 3.22. The molecule has 6 N–H and O–H groups in total. The van der Waals surface area contributed by atoms with Gasteiger partial charge in [-0.2, -0.15) is 0 Å². The molecule has 3 atom stereocenters. The molecule has 0 aliphatic heterocycles. The number of allylic oxidation sites excluding steroid dienone is 3. The van der Waals surface area contributed by atoms with E-state index in [4.69, 9.17) is 10.2 Å². The van der Waals surface area contributed by atoms with Crippen molar-refractivity contribution in [1.29, 1.82) is 0 Å². The van der Waals surface area contributed by atoms with Crippen LogP contribution in [0.5, 0.6) is 5.75 Å². The van der Waals surface area contributed by atoms with Crippen LogP contribution < -0.4 is 11.1 Å². The Morgan fingerprint density at radius 2 is 1.89 bits per heavy atom. The van der Waals surface area contributed by atoms with E-state index in [1.165, 1.54) is 6.07 Å². The summed E-state index contributed by atoms with van der Waals surface area (Å²) in [5, 5.41) is 35.3. The Bertz CT molecular complexity index is 1360. The number of furan rings is 1. The van der Waals surface area contributed by atoms with Crippen molar-refractivity contribution in [2.45, 2.75) is 45.7 Å². The van der Waals surface area contributed by atoms with E-state index in [1.807, 2.05) is 26.0 Å². The molecule has 0 fully saturated rings. The van der Waals surface area contributed by atoms with Gasteiger partial charge in [-0.3, -0.25) is 14.4 Å². The molecule has 1 heterocycles. The molecule has 0 radical (unpaired) electrons. The Hall–Kier alpha value is -3.85. The van der Waals surface area contributed by atoms with Gasteiger partial charge in [-0.15, -0.1) is 0 Å². The molecule has 0 bridgehead atoms. The molecule has 0 spiro atoms. The Labute approximate surface area is 207 Å². The lowest BCUT2D eigenvalue weighted by molar-refractivity contribution is -0.126. The van der Waals surface area contributed by atoms with Crippen LogP contribution in [0.3, 0.4) is 0 Å². The van der Waals surface area contributed by atoms with Crippen LogP contribution in [0.15, 0.2) is 51.3 Å². The maximum absolute atomic E-state index is 13.6. The highest BCUT2D eigenvalue weighted by Crippen LogP contribution is 2.50. The van der Waals surface area contributed by atoms with Crippen molar-refractivity contribution >= 4 is 17.5 Å². The number of hydrogen-bond acceptors (Lipinski definition) is 8. The number of carbonyl (C=O) groups is 3. The third kappa shape index (κ3) is 3.71. The van der Waals surface area contributed by atoms with Gasteiger partial charge in [0.2, 0.25) is 0 Å². The molecule has 188 valence electrons. The second-order valence-corrected chi connectivity index (χ2v) is 10.0. The molecule has 1 amide bonds. The van der Waals surface area contributed by atoms with Crippen LogP contribution in [0, 0.1) is 17.8 Å². The maximum Gasteiger partial charge on any atom is 0.255 e. The molecule has 3 aliphatic rings. The fraction of sp³-hybridized carbons (Fsp3) is 0.370. The number of primary amides is 1. The Morgan fingerprint density at radius 3 is 2.58 bits per heavy atom. The first-order valence-corrected chi connectivity index (χ1v) is 12.0. The predicted molar refractivity (Wildman–Crippen MR) is 129 cm³/mol. The van der Waals surface area contributed by atoms with Crippen molar-refractivity contribution in [2.24, 2.45) is 23.5 Å². The molecule has 3 aliphatic carbocycles. The van der Waals surface area contributed by atoms with E-state index >= 15 is 0 Å². The number of aromatic hydroxyl groups is 1. The molecule has 9 heteroatoms. The average Bonchev–Trinajstić information content (AvgIpc) is 3.25. The van der Waals surface area contributed by atoms with Crippen LogP contribution in [-0.4, -0.2) is 38.8 Å². The number of benzene rings is 1. The quantitative estimate of drug-likeness (QED) is 0.397. The van der Waals surface area contributed by atoms with Gasteiger partial charge in [0.15, 0.2) is 11.6 Å². The van der Waals surface area contributed by atoms with Crippen molar-refractivity contribution in [1.82, 2.24) is 5.32 Å². The van der Waals surface area contributed by atoms with Gasteiger partial charge in [0.25, 0.3) is 5.91 Å². The minimum atomic E-state index is -1.13. The van der Waals surface area contributed by atoms with Crippen molar-refractivity contribution in [2.75, 3.05) is 0 Å². The summed E-state index contributed by atoms with van der Waals surface area (Å²) in [6.07, 6.45) is 0.670. The van der Waals surface area contributed by atoms with Crippen molar-refractivity contribution in [3.63, 3.8) is 0 Å². The molecule has 0 saturated carbocycles. The first-order chi connectivity index (χ1) is 17.1. The number of carbonyl (C=O) groups excluding carboxylic acids is 3. The number of aliphatic hydroxyl groups excluding tert-OH is 2. The van der Waals surface area contributed by atoms with Gasteiger partial charge in [-0.25, -0.2) is 0 Å². The molecule has 1 aromatic heterocycles. The minimum absolute atomic E-state index is 0.000853. The van der Waals surface area contributed by atoms with Gasteiger partial charge < -0.3 is 30.8 Å². The number of nitrogens with two attached hydrogens (primary N) is 1. The van der Waals surface area contributed by atoms with E-state index in [2.05, 4.69) is 5.32 Å². The highest BCUT2D eigenvalue weighted by Gasteiger charge is 2.50. The Kier molecular flexibility index (Phi) is 5.75. The fourth-order valence-electron chi connectivity index (χ4n) is 5.79. The zero-order chi connectivity index (χ0) is 25.9. The first-order valence-electron chi connectivity index (χ1n) is 12.0. The van der Waals surface area contributed by atoms with Crippen molar-refractivity contribution in [3.05, 3.63) is 63.8 Å². The van der Waals surface area contributed by atoms with Gasteiger partial charge in [-0.1, -0.05) is 13.8 Å². The average molecular weight is 493 g/mol. The van der Waals surface area contributed by atoms with Crippen LogP contribution >= 0.6 is 0 Å². The Balaban J connectivity index is 1.56. The number of amides is 1. The summed E-state index contributed by atoms with van der Waals surface area (Å²) in [6.45, 7) is 4.61. The van der Waals surface area contributed by atoms with Gasteiger partial charge in [0.1, 0.15) is 34.4 Å². The van der Waals surface area contributed by atoms with Crippen LogP contribution in [0.2, 0.25) is 0 Å². The summed E-state index contributed by atoms with van der Waals surface area (Å²) in [6, 6.07) is 7.09. The van der Waals surface area contributed by atoms with Gasteiger partial charge in [-0.05, 0) is 54.5 Å². The van der Waals surface area contributed by atoms with Gasteiger partial charge in [0.05, 0.1) is 18.0 Å². The molecule has 9 nitrogen and oxygen atoms in total. The highest BCUT2D eigenvalue weighted by atomic mass is 16.3. The second kappa shape index (κ2) is 8.67. The summed E-state index contributed by atoms with van der Waals surface area (Å²) in [5.74, 6) is -4.19. The normalized spacial score (nSPS) is 23.6. The second-order valence-electron chi connectivity index (χ2n) is 10.0. The number of phenols is 1. The lowest BCUT2D eigenvalue weighted by atomic mass is 9.62. The maximum atomic E-state index is 13.6. The number of phenolic OH excluding ortho intramolecular Hbond substituents is 1. The number of aliphatic hydroxyl groups is 2. The van der Waals surface area contributed by atoms with Crippen LogP contribution in [0.25, 0.3) is 11.3 Å². The minimum Gasteiger partial charge on any atom is -0.511 e. The molecule has 3 unspecified atom stereocenters. The molecule has 0 saturated heterocycles. The number of rotatable bonds is 5. The number of fused-ring (bicyclic) bond motifs is 3. The van der Waals surface area contributed by atoms with Gasteiger partial charge in [0, 0.05) is 23.6 Å². The third-order valence-electron chi connectivity index (χ3n) is 7.38. The van der Waals surface area contributed by atoms with E-state index in [0.717, 1.165) is 5.76 Å². The zero-order valence-electron chi connectivity index (χ0n) is 20.0. The summed E-state index contributed by atoms with van der Waals surface area (Å²) < 4.78 is 6.02. The zero-order valence-corrected chi connectivity index (χ0v) is 20.0. The van der Waals surface area contributed by atoms with Crippen LogP contribution in [0.1, 0.15) is 48.4 Å². The van der Waals surface area contributed by atoms with E-state index in [0.29, 0.717) is 36.3 Å². The van der Waals surface area contributed by atoms with Crippen LogP contribution in [0.4, 0.5) is 0 Å².